The van der Waals surface area contributed by atoms with Crippen molar-refractivity contribution in [2.45, 2.75) is 0 Å². The summed E-state index contributed by atoms with van der Waals surface area (Å²) < 4.78 is 0. The van der Waals surface area contributed by atoms with Gasteiger partial charge in [0, 0.05) is 75.4 Å². The lowest BCUT2D eigenvalue weighted by atomic mass is 10.4. The number of urea groups is 2. The highest BCUT2D eigenvalue weighted by atomic mass is 33.1. The van der Waals surface area contributed by atoms with Crippen molar-refractivity contribution in [3.05, 3.63) is 0 Å². The number of hydrogen-bond acceptors (Lipinski definition) is 7. The Labute approximate surface area is 181 Å². The van der Waals surface area contributed by atoms with E-state index in [0.717, 1.165) is 23.0 Å². The summed E-state index contributed by atoms with van der Waals surface area (Å²) in [5, 5.41) is 14.9. The Bertz CT molecular complexity index is 477. The Kier molecular flexibility index (Phi) is 11.3. The molecule has 0 radical (unpaired) electrons. The van der Waals surface area contributed by atoms with Crippen molar-refractivity contribution in [3.8, 4) is 0 Å². The second kappa shape index (κ2) is 13.4. The number of carbonyl (C=O) groups excluding carboxylic acids is 2. The van der Waals surface area contributed by atoms with Crippen molar-refractivity contribution >= 4 is 61.3 Å². The third-order valence-electron chi connectivity index (χ3n) is 4.11. The Balaban J connectivity index is 1.65. The van der Waals surface area contributed by atoms with Crippen LogP contribution in [0.4, 0.5) is 14.4 Å². The maximum atomic E-state index is 12.2. The van der Waals surface area contributed by atoms with E-state index in [-0.39, 0.29) is 38.2 Å². The minimum atomic E-state index is -1.06. The Morgan fingerprint density at radius 1 is 0.750 bits per heavy atom. The van der Waals surface area contributed by atoms with E-state index >= 15 is 0 Å². The van der Waals surface area contributed by atoms with Crippen LogP contribution in [0.1, 0.15) is 0 Å². The van der Waals surface area contributed by atoms with Crippen molar-refractivity contribution in [3.63, 3.8) is 0 Å². The molecule has 2 aliphatic heterocycles. The summed E-state index contributed by atoms with van der Waals surface area (Å²) in [4.78, 5) is 40.5. The first-order valence-corrected chi connectivity index (χ1v) is 14.1. The van der Waals surface area contributed by atoms with Gasteiger partial charge < -0.3 is 30.4 Å². The molecule has 0 aromatic heterocycles. The average molecular weight is 470 g/mol. The van der Waals surface area contributed by atoms with Gasteiger partial charge in [-0.1, -0.05) is 43.2 Å². The van der Waals surface area contributed by atoms with Crippen LogP contribution in [-0.4, -0.2) is 113 Å². The molecule has 0 aromatic rings. The van der Waals surface area contributed by atoms with Gasteiger partial charge in [-0.15, -0.1) is 0 Å². The first kappa shape index (κ1) is 23.5. The first-order valence-electron chi connectivity index (χ1n) is 9.10. The maximum Gasteiger partial charge on any atom is 0.407 e. The van der Waals surface area contributed by atoms with Crippen LogP contribution in [0.15, 0.2) is 0 Å². The van der Waals surface area contributed by atoms with Gasteiger partial charge in [-0.05, 0) is 0 Å². The van der Waals surface area contributed by atoms with Gasteiger partial charge >= 0.3 is 18.2 Å². The normalized spacial score (nSPS) is 18.0. The number of hydrogen-bond donors (Lipinski definition) is 3. The van der Waals surface area contributed by atoms with Crippen LogP contribution in [0.2, 0.25) is 0 Å². The molecule has 9 nitrogen and oxygen atoms in total. The topological polar surface area (TPSA) is 105 Å². The zero-order valence-electron chi connectivity index (χ0n) is 15.6. The molecule has 2 aliphatic rings. The lowest BCUT2D eigenvalue weighted by molar-refractivity contribution is 0.144. The van der Waals surface area contributed by atoms with Crippen molar-refractivity contribution in [2.75, 3.05) is 75.4 Å². The molecule has 2 fully saturated rings. The van der Waals surface area contributed by atoms with Crippen molar-refractivity contribution in [1.82, 2.24) is 25.3 Å². The fourth-order valence-electron chi connectivity index (χ4n) is 2.58. The Morgan fingerprint density at radius 2 is 1.11 bits per heavy atom. The highest BCUT2D eigenvalue weighted by Gasteiger charge is 2.18. The molecule has 0 unspecified atom stereocenters. The minimum Gasteiger partial charge on any atom is -0.465 e. The van der Waals surface area contributed by atoms with E-state index in [1.807, 2.05) is 0 Å². The second-order valence-corrected chi connectivity index (χ2v) is 11.4. The molecule has 0 saturated carbocycles. The van der Waals surface area contributed by atoms with E-state index in [1.165, 1.54) is 4.90 Å². The molecule has 0 atom stereocenters. The van der Waals surface area contributed by atoms with Gasteiger partial charge in [0.2, 0.25) is 0 Å². The number of nitrogens with zero attached hydrogens (tertiary/aromatic N) is 3. The lowest BCUT2D eigenvalue weighted by Crippen LogP contribution is -2.47. The number of carbonyl (C=O) groups is 3. The first-order chi connectivity index (χ1) is 13.6. The van der Waals surface area contributed by atoms with Crippen LogP contribution >= 0.6 is 43.2 Å². The van der Waals surface area contributed by atoms with Gasteiger partial charge in [0.15, 0.2) is 0 Å². The fourth-order valence-corrected chi connectivity index (χ4v) is 6.54. The van der Waals surface area contributed by atoms with Crippen LogP contribution < -0.4 is 10.6 Å². The van der Waals surface area contributed by atoms with Gasteiger partial charge in [-0.3, -0.25) is 0 Å². The summed E-state index contributed by atoms with van der Waals surface area (Å²) in [7, 11) is 7.04. The molecule has 5 amide bonds. The van der Waals surface area contributed by atoms with Crippen LogP contribution in [0.5, 0.6) is 0 Å². The van der Waals surface area contributed by atoms with Gasteiger partial charge in [0.05, 0.1) is 0 Å². The SMILES string of the molecule is O=C(O)N(CCNC(=O)N1CCSSCC1)CCNC(=O)N1CCSSCC1. The largest absolute Gasteiger partial charge is 0.465 e. The van der Waals surface area contributed by atoms with Crippen molar-refractivity contribution < 1.29 is 19.5 Å². The van der Waals surface area contributed by atoms with Crippen molar-refractivity contribution in [1.29, 1.82) is 0 Å². The molecule has 28 heavy (non-hydrogen) atoms. The molecule has 0 spiro atoms. The molecule has 160 valence electrons. The molecule has 3 N–H and O–H groups in total. The monoisotopic (exact) mass is 469 g/mol. The van der Waals surface area contributed by atoms with Crippen molar-refractivity contribution in [2.24, 2.45) is 0 Å². The third kappa shape index (κ3) is 8.70. The molecular formula is C15H27N5O4S4. The number of rotatable bonds is 6. The van der Waals surface area contributed by atoms with Crippen LogP contribution in [0, 0.1) is 0 Å². The summed E-state index contributed by atoms with van der Waals surface area (Å²) in [5.74, 6) is 3.59. The third-order valence-corrected chi connectivity index (χ3v) is 8.84. The molecule has 2 heterocycles. The van der Waals surface area contributed by atoms with E-state index in [0.29, 0.717) is 26.2 Å². The van der Waals surface area contributed by atoms with E-state index < -0.39 is 6.09 Å². The van der Waals surface area contributed by atoms with Gasteiger partial charge in [0.25, 0.3) is 0 Å². The van der Waals surface area contributed by atoms with Gasteiger partial charge in [0.1, 0.15) is 0 Å². The molecular weight excluding hydrogens is 442 g/mol. The van der Waals surface area contributed by atoms with E-state index in [9.17, 15) is 19.5 Å². The number of amides is 5. The molecule has 2 saturated heterocycles. The molecule has 2 rings (SSSR count). The van der Waals surface area contributed by atoms with Gasteiger partial charge in [-0.25, -0.2) is 14.4 Å². The van der Waals surface area contributed by atoms with E-state index in [4.69, 9.17) is 0 Å². The second-order valence-electron chi connectivity index (χ2n) is 6.00. The summed E-state index contributed by atoms with van der Waals surface area (Å²) >= 11 is 0. The van der Waals surface area contributed by atoms with E-state index in [2.05, 4.69) is 10.6 Å². The molecule has 0 aliphatic carbocycles. The predicted molar refractivity (Wildman–Crippen MR) is 119 cm³/mol. The Morgan fingerprint density at radius 3 is 1.43 bits per heavy atom. The zero-order valence-corrected chi connectivity index (χ0v) is 18.9. The smallest absolute Gasteiger partial charge is 0.407 e. The van der Waals surface area contributed by atoms with Crippen LogP contribution in [0.25, 0.3) is 0 Å². The minimum absolute atomic E-state index is 0.154. The lowest BCUT2D eigenvalue weighted by Gasteiger charge is -2.24. The molecule has 13 heteroatoms. The van der Waals surface area contributed by atoms with Gasteiger partial charge in [-0.2, -0.15) is 0 Å². The summed E-state index contributed by atoms with van der Waals surface area (Å²) in [6, 6.07) is -0.308. The number of carboxylic acid groups (broad SMARTS) is 1. The summed E-state index contributed by atoms with van der Waals surface area (Å²) in [6.07, 6.45) is -1.06. The quantitative estimate of drug-likeness (QED) is 0.506. The highest BCUT2D eigenvalue weighted by Crippen LogP contribution is 2.24. The Hall–Kier alpha value is -0.790. The molecule has 0 aromatic carbocycles. The maximum absolute atomic E-state index is 12.2. The highest BCUT2D eigenvalue weighted by molar-refractivity contribution is 8.77. The summed E-state index contributed by atoms with van der Waals surface area (Å²) in [6.45, 7) is 3.66. The van der Waals surface area contributed by atoms with Crippen LogP contribution in [-0.2, 0) is 0 Å². The molecule has 0 bridgehead atoms. The number of nitrogens with one attached hydrogen (secondary N) is 2. The summed E-state index contributed by atoms with van der Waals surface area (Å²) in [5.41, 5.74) is 0. The fraction of sp³-hybridized carbons (Fsp3) is 0.800. The zero-order chi connectivity index (χ0) is 20.2. The average Bonchev–Trinajstić information content (AvgIpc) is 3.11. The predicted octanol–water partition coefficient (Wildman–Crippen LogP) is 1.78. The van der Waals surface area contributed by atoms with E-state index in [1.54, 1.807) is 53.0 Å². The standard InChI is InChI=1S/C15H27N5O4S4/c21-13(18-5-9-25-26-10-6-18)16-1-3-20(15(23)24)4-2-17-14(22)19-7-11-27-28-12-8-19/h1-12H2,(H,16,21)(H,17,22)(H,23,24). The van der Waals surface area contributed by atoms with Crippen LogP contribution in [0.3, 0.4) is 0 Å².